The summed E-state index contributed by atoms with van der Waals surface area (Å²) in [4.78, 5) is 9.31. The summed E-state index contributed by atoms with van der Waals surface area (Å²) in [7, 11) is 0. The number of piperidine rings is 1. The second kappa shape index (κ2) is 5.09. The van der Waals surface area contributed by atoms with Crippen LogP contribution in [0.1, 0.15) is 18.4 Å². The van der Waals surface area contributed by atoms with E-state index >= 15 is 0 Å². The Kier molecular flexibility index (Phi) is 3.70. The topological polar surface area (TPSA) is 49.3 Å². The van der Waals surface area contributed by atoms with E-state index in [4.69, 9.17) is 5.11 Å². The monoisotopic (exact) mass is 261 g/mol. The van der Waals surface area contributed by atoms with Crippen molar-refractivity contribution in [3.63, 3.8) is 0 Å². The molecule has 0 amide bonds. The molecule has 100 valence electrons. The number of aromatic nitrogens is 2. The zero-order valence-electron chi connectivity index (χ0n) is 9.69. The zero-order valence-corrected chi connectivity index (χ0v) is 9.69. The smallest absolute Gasteiger partial charge is 0.391 e. The van der Waals surface area contributed by atoms with E-state index in [0.29, 0.717) is 24.3 Å². The van der Waals surface area contributed by atoms with E-state index in [1.54, 1.807) is 4.90 Å². The molecule has 0 aliphatic carbocycles. The first-order valence-corrected chi connectivity index (χ1v) is 5.73. The highest BCUT2D eigenvalue weighted by Gasteiger charge is 2.42. The van der Waals surface area contributed by atoms with Gasteiger partial charge in [-0.3, -0.25) is 0 Å². The summed E-state index contributed by atoms with van der Waals surface area (Å²) in [5.74, 6) is -0.922. The van der Waals surface area contributed by atoms with E-state index in [9.17, 15) is 13.2 Å². The summed E-state index contributed by atoms with van der Waals surface area (Å²) in [6.45, 7) is 0.146. The Morgan fingerprint density at radius 3 is 2.89 bits per heavy atom. The highest BCUT2D eigenvalue weighted by Crippen LogP contribution is 2.34. The number of halogens is 3. The summed E-state index contributed by atoms with van der Waals surface area (Å²) in [5, 5.41) is 9.15. The van der Waals surface area contributed by atoms with Crippen molar-refractivity contribution < 1.29 is 18.3 Å². The van der Waals surface area contributed by atoms with Gasteiger partial charge < -0.3 is 10.0 Å². The van der Waals surface area contributed by atoms with Crippen molar-refractivity contribution in [1.82, 2.24) is 9.97 Å². The lowest BCUT2D eigenvalue weighted by atomic mass is 9.97. The Morgan fingerprint density at radius 2 is 2.22 bits per heavy atom. The maximum absolute atomic E-state index is 12.7. The molecule has 1 saturated heterocycles. The lowest BCUT2D eigenvalue weighted by Gasteiger charge is -2.35. The van der Waals surface area contributed by atoms with Crippen LogP contribution in [0, 0.1) is 5.92 Å². The maximum Gasteiger partial charge on any atom is 0.393 e. The number of aliphatic hydroxyl groups excluding tert-OH is 1. The van der Waals surface area contributed by atoms with Gasteiger partial charge in [0.1, 0.15) is 12.1 Å². The van der Waals surface area contributed by atoms with Gasteiger partial charge in [-0.15, -0.1) is 0 Å². The first kappa shape index (κ1) is 13.1. The van der Waals surface area contributed by atoms with Crippen molar-refractivity contribution in [3.8, 4) is 0 Å². The average Bonchev–Trinajstić information content (AvgIpc) is 2.38. The van der Waals surface area contributed by atoms with E-state index in [2.05, 4.69) is 9.97 Å². The summed E-state index contributed by atoms with van der Waals surface area (Å²) in [6, 6.07) is 0. The Balaban J connectivity index is 2.18. The molecule has 1 aliphatic heterocycles. The molecule has 4 nitrogen and oxygen atoms in total. The average molecular weight is 261 g/mol. The fourth-order valence-corrected chi connectivity index (χ4v) is 2.18. The standard InChI is InChI=1S/C11H14F3N3O/c12-11(13,14)9-2-1-3-17(5-9)10-8(6-18)4-15-7-16-10/h4,7,9,18H,1-3,5-6H2. The quantitative estimate of drug-likeness (QED) is 0.881. The second-order valence-corrected chi connectivity index (χ2v) is 4.36. The molecule has 1 aromatic heterocycles. The van der Waals surface area contributed by atoms with Crippen LogP contribution in [0.5, 0.6) is 0 Å². The van der Waals surface area contributed by atoms with Gasteiger partial charge >= 0.3 is 6.18 Å². The van der Waals surface area contributed by atoms with Crippen molar-refractivity contribution in [2.24, 2.45) is 5.92 Å². The normalized spacial score (nSPS) is 21.1. The molecule has 0 radical (unpaired) electrons. The number of nitrogens with zero attached hydrogens (tertiary/aromatic N) is 3. The van der Waals surface area contributed by atoms with Crippen LogP contribution in [0.25, 0.3) is 0 Å². The lowest BCUT2D eigenvalue weighted by Crippen LogP contribution is -2.42. The minimum atomic E-state index is -4.18. The molecule has 1 fully saturated rings. The molecule has 0 bridgehead atoms. The third kappa shape index (κ3) is 2.72. The van der Waals surface area contributed by atoms with Gasteiger partial charge in [0, 0.05) is 24.8 Å². The summed E-state index contributed by atoms with van der Waals surface area (Å²) < 4.78 is 38.1. The Hall–Kier alpha value is -1.37. The summed E-state index contributed by atoms with van der Waals surface area (Å²) in [5.41, 5.74) is 0.459. The van der Waals surface area contributed by atoms with Crippen LogP contribution in [0.15, 0.2) is 12.5 Å². The minimum absolute atomic E-state index is 0.104. The van der Waals surface area contributed by atoms with Crippen LogP contribution in [-0.4, -0.2) is 34.3 Å². The molecule has 18 heavy (non-hydrogen) atoms. The Morgan fingerprint density at radius 1 is 1.44 bits per heavy atom. The van der Waals surface area contributed by atoms with Gasteiger partial charge in [-0.1, -0.05) is 0 Å². The van der Waals surface area contributed by atoms with Gasteiger partial charge in [0.2, 0.25) is 0 Å². The molecule has 0 saturated carbocycles. The highest BCUT2D eigenvalue weighted by atomic mass is 19.4. The lowest BCUT2D eigenvalue weighted by molar-refractivity contribution is -0.176. The summed E-state index contributed by atoms with van der Waals surface area (Å²) >= 11 is 0. The molecule has 1 N–H and O–H groups in total. The van der Waals surface area contributed by atoms with Crippen molar-refractivity contribution in [1.29, 1.82) is 0 Å². The highest BCUT2D eigenvalue weighted by molar-refractivity contribution is 5.45. The van der Waals surface area contributed by atoms with E-state index in [1.807, 2.05) is 0 Å². The van der Waals surface area contributed by atoms with Crippen molar-refractivity contribution in [3.05, 3.63) is 18.1 Å². The molecule has 7 heteroatoms. The van der Waals surface area contributed by atoms with Crippen LogP contribution in [0.4, 0.5) is 19.0 Å². The van der Waals surface area contributed by atoms with Gasteiger partial charge in [0.25, 0.3) is 0 Å². The van der Waals surface area contributed by atoms with Crippen molar-refractivity contribution in [2.75, 3.05) is 18.0 Å². The summed E-state index contributed by atoms with van der Waals surface area (Å²) in [6.07, 6.45) is -0.838. The molecule has 1 unspecified atom stereocenters. The first-order chi connectivity index (χ1) is 8.52. The van der Waals surface area contributed by atoms with E-state index in [-0.39, 0.29) is 19.6 Å². The third-order valence-electron chi connectivity index (χ3n) is 3.12. The van der Waals surface area contributed by atoms with Crippen molar-refractivity contribution in [2.45, 2.75) is 25.6 Å². The van der Waals surface area contributed by atoms with Gasteiger partial charge in [0.15, 0.2) is 0 Å². The molecule has 1 aromatic rings. The number of hydrogen-bond acceptors (Lipinski definition) is 4. The second-order valence-electron chi connectivity index (χ2n) is 4.36. The Bertz CT molecular complexity index is 411. The number of hydrogen-bond donors (Lipinski definition) is 1. The van der Waals surface area contributed by atoms with Gasteiger partial charge in [0.05, 0.1) is 12.5 Å². The molecule has 0 spiro atoms. The third-order valence-corrected chi connectivity index (χ3v) is 3.12. The fourth-order valence-electron chi connectivity index (χ4n) is 2.18. The van der Waals surface area contributed by atoms with E-state index < -0.39 is 12.1 Å². The van der Waals surface area contributed by atoms with E-state index in [0.717, 1.165) is 0 Å². The van der Waals surface area contributed by atoms with Gasteiger partial charge in [-0.25, -0.2) is 9.97 Å². The number of anilines is 1. The van der Waals surface area contributed by atoms with Crippen LogP contribution >= 0.6 is 0 Å². The first-order valence-electron chi connectivity index (χ1n) is 5.73. The molecular weight excluding hydrogens is 247 g/mol. The molecule has 1 atom stereocenters. The fraction of sp³-hybridized carbons (Fsp3) is 0.636. The van der Waals surface area contributed by atoms with Gasteiger partial charge in [-0.05, 0) is 12.8 Å². The van der Waals surface area contributed by atoms with Crippen LogP contribution in [-0.2, 0) is 6.61 Å². The van der Waals surface area contributed by atoms with Crippen LogP contribution in [0.2, 0.25) is 0 Å². The maximum atomic E-state index is 12.7. The number of aliphatic hydroxyl groups is 1. The predicted molar refractivity (Wildman–Crippen MR) is 58.9 cm³/mol. The largest absolute Gasteiger partial charge is 0.393 e. The van der Waals surface area contributed by atoms with E-state index in [1.165, 1.54) is 12.5 Å². The molecule has 2 rings (SSSR count). The molecule has 0 aromatic carbocycles. The molecule has 2 heterocycles. The Labute approximate surface area is 102 Å². The predicted octanol–water partition coefficient (Wildman–Crippen LogP) is 1.75. The minimum Gasteiger partial charge on any atom is -0.391 e. The number of alkyl halides is 3. The number of rotatable bonds is 2. The van der Waals surface area contributed by atoms with Crippen LogP contribution in [0.3, 0.4) is 0 Å². The SMILES string of the molecule is OCc1cncnc1N1CCCC(C(F)(F)F)C1. The van der Waals surface area contributed by atoms with Gasteiger partial charge in [-0.2, -0.15) is 13.2 Å². The molecular formula is C11H14F3N3O. The van der Waals surface area contributed by atoms with Crippen molar-refractivity contribution >= 4 is 5.82 Å². The van der Waals surface area contributed by atoms with Crippen LogP contribution < -0.4 is 4.90 Å². The molecule has 1 aliphatic rings. The zero-order chi connectivity index (χ0) is 13.2.